The normalized spacial score (nSPS) is 12.4. The molecule has 2 aromatic carbocycles. The quantitative estimate of drug-likeness (QED) is 0.815. The maximum absolute atomic E-state index is 9.68. The van der Waals surface area contributed by atoms with Gasteiger partial charge in [-0.05, 0) is 42.2 Å². The summed E-state index contributed by atoms with van der Waals surface area (Å²) < 4.78 is 0. The lowest BCUT2D eigenvalue weighted by molar-refractivity contribution is 0.470. The van der Waals surface area contributed by atoms with Crippen LogP contribution in [-0.4, -0.2) is 5.11 Å². The van der Waals surface area contributed by atoms with Gasteiger partial charge in [-0.2, -0.15) is 0 Å². The Morgan fingerprint density at radius 2 is 1.59 bits per heavy atom. The van der Waals surface area contributed by atoms with Gasteiger partial charge in [-0.25, -0.2) is 0 Å². The van der Waals surface area contributed by atoms with E-state index in [1.54, 1.807) is 0 Å². The Balaban J connectivity index is 2.44. The first-order valence-corrected chi connectivity index (χ1v) is 5.94. The molecule has 0 saturated heterocycles. The average Bonchev–Trinajstić information content (AvgIpc) is 2.34. The van der Waals surface area contributed by atoms with Crippen LogP contribution in [0.15, 0.2) is 42.5 Å². The summed E-state index contributed by atoms with van der Waals surface area (Å²) in [5.74, 6) is 0.738. The van der Waals surface area contributed by atoms with Gasteiger partial charge in [0.05, 0.1) is 0 Å². The van der Waals surface area contributed by atoms with E-state index in [2.05, 4.69) is 37.3 Å². The minimum absolute atomic E-state index is 0.357. The maximum atomic E-state index is 9.68. The third-order valence-electron chi connectivity index (χ3n) is 3.35. The van der Waals surface area contributed by atoms with Crippen LogP contribution in [0.2, 0.25) is 0 Å². The van der Waals surface area contributed by atoms with Crippen molar-refractivity contribution < 1.29 is 5.11 Å². The molecule has 1 unspecified atom stereocenters. The first-order chi connectivity index (χ1) is 8.09. The van der Waals surface area contributed by atoms with Crippen molar-refractivity contribution in [2.45, 2.75) is 26.7 Å². The van der Waals surface area contributed by atoms with E-state index in [1.165, 1.54) is 11.1 Å². The number of benzene rings is 2. The summed E-state index contributed by atoms with van der Waals surface area (Å²) in [6.45, 7) is 6.19. The van der Waals surface area contributed by atoms with E-state index in [9.17, 15) is 5.11 Å². The Kier molecular flexibility index (Phi) is 3.19. The molecule has 0 aliphatic heterocycles. The molecule has 1 heteroatoms. The lowest BCUT2D eigenvalue weighted by Crippen LogP contribution is -1.99. The number of hydrogen-bond acceptors (Lipinski definition) is 1. The molecule has 0 bridgehead atoms. The summed E-state index contributed by atoms with van der Waals surface area (Å²) in [4.78, 5) is 0. The zero-order valence-electron chi connectivity index (χ0n) is 10.6. The smallest absolute Gasteiger partial charge is 0.118 e. The summed E-state index contributed by atoms with van der Waals surface area (Å²) in [6, 6.07) is 14.4. The van der Waals surface area contributed by atoms with Crippen LogP contribution in [0.4, 0.5) is 0 Å². The molecule has 1 atom stereocenters. The second-order valence-corrected chi connectivity index (χ2v) is 4.63. The molecule has 1 nitrogen and oxygen atoms in total. The molecule has 0 heterocycles. The molecule has 0 aliphatic rings. The summed E-state index contributed by atoms with van der Waals surface area (Å²) in [5.41, 5.74) is 4.67. The molecule has 1 N–H and O–H groups in total. The van der Waals surface area contributed by atoms with Gasteiger partial charge in [0.15, 0.2) is 0 Å². The predicted molar refractivity (Wildman–Crippen MR) is 71.5 cm³/mol. The monoisotopic (exact) mass is 226 g/mol. The fraction of sp³-hybridized carbons (Fsp3) is 0.250. The highest BCUT2D eigenvalue weighted by Crippen LogP contribution is 2.30. The van der Waals surface area contributed by atoms with Crippen molar-refractivity contribution in [1.29, 1.82) is 0 Å². The van der Waals surface area contributed by atoms with Gasteiger partial charge in [0.1, 0.15) is 5.75 Å². The molecule has 0 aliphatic carbocycles. The fourth-order valence-electron chi connectivity index (χ4n) is 2.21. The van der Waals surface area contributed by atoms with E-state index in [4.69, 9.17) is 0 Å². The standard InChI is InChI=1S/C16H18O/c1-11-10-16(17)12(2)9-15(11)13(3)14-7-5-4-6-8-14/h4-10,13,17H,1-3H3. The van der Waals surface area contributed by atoms with E-state index in [-0.39, 0.29) is 0 Å². The van der Waals surface area contributed by atoms with E-state index in [1.807, 2.05) is 26.0 Å². The lowest BCUT2D eigenvalue weighted by Gasteiger charge is -2.16. The van der Waals surface area contributed by atoms with Crippen molar-refractivity contribution in [2.75, 3.05) is 0 Å². The molecule has 2 aromatic rings. The van der Waals surface area contributed by atoms with Gasteiger partial charge in [0.2, 0.25) is 0 Å². The van der Waals surface area contributed by atoms with Crippen molar-refractivity contribution in [3.63, 3.8) is 0 Å². The summed E-state index contributed by atoms with van der Waals surface area (Å²) in [7, 11) is 0. The predicted octanol–water partition coefficient (Wildman–Crippen LogP) is 4.16. The minimum Gasteiger partial charge on any atom is -0.508 e. The Morgan fingerprint density at radius 3 is 2.24 bits per heavy atom. The van der Waals surface area contributed by atoms with Crippen molar-refractivity contribution in [2.24, 2.45) is 0 Å². The van der Waals surface area contributed by atoms with Crippen LogP contribution in [0, 0.1) is 13.8 Å². The third-order valence-corrected chi connectivity index (χ3v) is 3.35. The highest BCUT2D eigenvalue weighted by molar-refractivity contribution is 5.45. The second kappa shape index (κ2) is 4.62. The molecule has 88 valence electrons. The topological polar surface area (TPSA) is 20.2 Å². The summed E-state index contributed by atoms with van der Waals surface area (Å²) >= 11 is 0. The molecule has 0 saturated carbocycles. The molecule has 0 aromatic heterocycles. The zero-order valence-corrected chi connectivity index (χ0v) is 10.6. The van der Waals surface area contributed by atoms with E-state index >= 15 is 0 Å². The second-order valence-electron chi connectivity index (χ2n) is 4.63. The van der Waals surface area contributed by atoms with Gasteiger partial charge >= 0.3 is 0 Å². The fourth-order valence-corrected chi connectivity index (χ4v) is 2.21. The van der Waals surface area contributed by atoms with Gasteiger partial charge in [-0.15, -0.1) is 0 Å². The number of aryl methyl sites for hydroxylation is 2. The number of hydrogen-bond donors (Lipinski definition) is 1. The van der Waals surface area contributed by atoms with Crippen LogP contribution in [-0.2, 0) is 0 Å². The van der Waals surface area contributed by atoms with Gasteiger partial charge in [-0.3, -0.25) is 0 Å². The van der Waals surface area contributed by atoms with Crippen molar-refractivity contribution in [3.8, 4) is 5.75 Å². The largest absolute Gasteiger partial charge is 0.508 e. The third kappa shape index (κ3) is 2.33. The molecule has 0 amide bonds. The molecule has 17 heavy (non-hydrogen) atoms. The first-order valence-electron chi connectivity index (χ1n) is 5.94. The molecular weight excluding hydrogens is 208 g/mol. The van der Waals surface area contributed by atoms with Crippen molar-refractivity contribution in [3.05, 3.63) is 64.7 Å². The number of rotatable bonds is 2. The first kappa shape index (κ1) is 11.7. The van der Waals surface area contributed by atoms with E-state index in [0.717, 1.165) is 11.1 Å². The van der Waals surface area contributed by atoms with E-state index < -0.39 is 0 Å². The summed E-state index contributed by atoms with van der Waals surface area (Å²) in [6.07, 6.45) is 0. The van der Waals surface area contributed by atoms with Crippen molar-refractivity contribution in [1.82, 2.24) is 0 Å². The van der Waals surface area contributed by atoms with Crippen LogP contribution in [0.3, 0.4) is 0 Å². The van der Waals surface area contributed by atoms with Crippen LogP contribution >= 0.6 is 0 Å². The Hall–Kier alpha value is -1.76. The highest BCUT2D eigenvalue weighted by atomic mass is 16.3. The number of phenols is 1. The maximum Gasteiger partial charge on any atom is 0.118 e. The Morgan fingerprint density at radius 1 is 0.941 bits per heavy atom. The SMILES string of the molecule is Cc1cc(C(C)c2ccccc2)c(C)cc1O. The molecule has 2 rings (SSSR count). The lowest BCUT2D eigenvalue weighted by atomic mass is 9.89. The molecular formula is C16H18O. The Labute approximate surface area is 103 Å². The van der Waals surface area contributed by atoms with Crippen LogP contribution in [0.1, 0.15) is 35.1 Å². The molecule has 0 radical (unpaired) electrons. The number of phenolic OH excluding ortho intramolecular Hbond substituents is 1. The summed E-state index contributed by atoms with van der Waals surface area (Å²) in [5, 5.41) is 9.68. The zero-order chi connectivity index (χ0) is 12.4. The highest BCUT2D eigenvalue weighted by Gasteiger charge is 2.12. The number of aromatic hydroxyl groups is 1. The Bertz CT molecular complexity index is 515. The van der Waals surface area contributed by atoms with Crippen molar-refractivity contribution >= 4 is 0 Å². The minimum atomic E-state index is 0.357. The van der Waals surface area contributed by atoms with Gasteiger partial charge in [0.25, 0.3) is 0 Å². The van der Waals surface area contributed by atoms with E-state index in [0.29, 0.717) is 11.7 Å². The van der Waals surface area contributed by atoms with Crippen LogP contribution in [0.5, 0.6) is 5.75 Å². The van der Waals surface area contributed by atoms with Crippen LogP contribution in [0.25, 0.3) is 0 Å². The van der Waals surface area contributed by atoms with Crippen LogP contribution < -0.4 is 0 Å². The molecule has 0 fully saturated rings. The van der Waals surface area contributed by atoms with Gasteiger partial charge < -0.3 is 5.11 Å². The average molecular weight is 226 g/mol. The molecule has 0 spiro atoms. The van der Waals surface area contributed by atoms with Gasteiger partial charge in [0, 0.05) is 5.92 Å². The van der Waals surface area contributed by atoms with Gasteiger partial charge in [-0.1, -0.05) is 43.3 Å².